The van der Waals surface area contributed by atoms with Crippen LogP contribution in [0.4, 0.5) is 4.39 Å². The van der Waals surface area contributed by atoms with Gasteiger partial charge >= 0.3 is 5.97 Å². The van der Waals surface area contributed by atoms with Crippen LogP contribution in [0.5, 0.6) is 0 Å². The van der Waals surface area contributed by atoms with Gasteiger partial charge in [0.15, 0.2) is 6.04 Å². The monoisotopic (exact) mass is 313 g/mol. The third-order valence-electron chi connectivity index (χ3n) is 3.46. The first-order valence-corrected chi connectivity index (χ1v) is 6.82. The molecule has 0 saturated carbocycles. The van der Waals surface area contributed by atoms with E-state index in [1.807, 2.05) is 0 Å². The van der Waals surface area contributed by atoms with Crippen molar-refractivity contribution in [1.29, 1.82) is 0 Å². The van der Waals surface area contributed by atoms with Gasteiger partial charge in [-0.05, 0) is 12.1 Å². The maximum atomic E-state index is 13.8. The number of aliphatic carboxylic acids is 1. The molecule has 1 heterocycles. The van der Waals surface area contributed by atoms with Crippen LogP contribution < -0.4 is 5.32 Å². The second-order valence-electron chi connectivity index (χ2n) is 4.91. The summed E-state index contributed by atoms with van der Waals surface area (Å²) in [5.74, 6) is -2.70. The fourth-order valence-corrected chi connectivity index (χ4v) is 2.34. The summed E-state index contributed by atoms with van der Waals surface area (Å²) in [6.07, 6.45) is 1.25. The molecule has 2 aromatic carbocycles. The summed E-state index contributed by atoms with van der Waals surface area (Å²) in [6.45, 7) is 0. The Bertz CT molecular complexity index is 887. The number of carboxylic acid groups (broad SMARTS) is 1. The molecule has 0 aliphatic rings. The molecule has 23 heavy (non-hydrogen) atoms. The number of furan rings is 1. The van der Waals surface area contributed by atoms with E-state index in [0.29, 0.717) is 11.0 Å². The normalized spacial score (nSPS) is 12.0. The lowest BCUT2D eigenvalue weighted by atomic mass is 10.1. The third-order valence-corrected chi connectivity index (χ3v) is 3.46. The Morgan fingerprint density at radius 1 is 1.09 bits per heavy atom. The molecule has 6 heteroatoms. The van der Waals surface area contributed by atoms with Crippen LogP contribution in [0.1, 0.15) is 22.0 Å². The molecule has 0 aliphatic heterocycles. The molecule has 0 aliphatic carbocycles. The lowest BCUT2D eigenvalue weighted by Crippen LogP contribution is -2.34. The second kappa shape index (κ2) is 5.92. The molecule has 0 fully saturated rings. The van der Waals surface area contributed by atoms with E-state index in [0.717, 1.165) is 6.07 Å². The van der Waals surface area contributed by atoms with Crippen LogP contribution in [0.25, 0.3) is 11.0 Å². The summed E-state index contributed by atoms with van der Waals surface area (Å²) >= 11 is 0. The van der Waals surface area contributed by atoms with Crippen LogP contribution in [0.2, 0.25) is 0 Å². The van der Waals surface area contributed by atoms with Crippen molar-refractivity contribution in [3.63, 3.8) is 0 Å². The van der Waals surface area contributed by atoms with Gasteiger partial charge in [-0.2, -0.15) is 0 Å². The summed E-state index contributed by atoms with van der Waals surface area (Å²) in [5, 5.41) is 12.2. The lowest BCUT2D eigenvalue weighted by Gasteiger charge is -2.15. The van der Waals surface area contributed by atoms with E-state index in [-0.39, 0.29) is 11.1 Å². The highest BCUT2D eigenvalue weighted by Gasteiger charge is 2.26. The molecule has 0 unspecified atom stereocenters. The highest BCUT2D eigenvalue weighted by molar-refractivity contribution is 6.06. The first kappa shape index (κ1) is 14.8. The van der Waals surface area contributed by atoms with Crippen LogP contribution in [0.15, 0.2) is 59.2 Å². The van der Waals surface area contributed by atoms with Crippen molar-refractivity contribution < 1.29 is 23.5 Å². The Hall–Kier alpha value is -3.15. The van der Waals surface area contributed by atoms with Crippen molar-refractivity contribution in [2.45, 2.75) is 6.04 Å². The van der Waals surface area contributed by atoms with E-state index in [9.17, 15) is 19.1 Å². The molecule has 1 atom stereocenters. The molecule has 2 N–H and O–H groups in total. The van der Waals surface area contributed by atoms with Gasteiger partial charge in [-0.25, -0.2) is 9.18 Å². The standard InChI is InChI=1S/C17H12FNO4/c18-13-7-3-1-6-11(13)15(17(21)22)19-16(20)12-9-23-14-8-4-2-5-10(12)14/h1-9,15H,(H,19,20)(H,21,22)/t15-/m0/s1. The van der Waals surface area contributed by atoms with Crippen molar-refractivity contribution in [3.8, 4) is 0 Å². The number of halogens is 1. The zero-order valence-electron chi connectivity index (χ0n) is 11.8. The molecule has 3 rings (SSSR count). The maximum absolute atomic E-state index is 13.8. The Morgan fingerprint density at radius 2 is 1.78 bits per heavy atom. The fourth-order valence-electron chi connectivity index (χ4n) is 2.34. The molecular formula is C17H12FNO4. The van der Waals surface area contributed by atoms with Gasteiger partial charge in [0.1, 0.15) is 17.7 Å². The van der Waals surface area contributed by atoms with Gasteiger partial charge in [0.2, 0.25) is 0 Å². The minimum absolute atomic E-state index is 0.110. The quantitative estimate of drug-likeness (QED) is 0.775. The lowest BCUT2D eigenvalue weighted by molar-refractivity contribution is -0.139. The molecule has 0 spiro atoms. The van der Waals surface area contributed by atoms with Crippen LogP contribution in [-0.2, 0) is 4.79 Å². The van der Waals surface area contributed by atoms with Gasteiger partial charge in [0, 0.05) is 10.9 Å². The highest BCUT2D eigenvalue weighted by atomic mass is 19.1. The molecular weight excluding hydrogens is 301 g/mol. The number of carbonyl (C=O) groups is 2. The van der Waals surface area contributed by atoms with Crippen molar-refractivity contribution in [2.75, 3.05) is 0 Å². The second-order valence-corrected chi connectivity index (χ2v) is 4.91. The third kappa shape index (κ3) is 2.78. The Kier molecular flexibility index (Phi) is 3.80. The van der Waals surface area contributed by atoms with Gasteiger partial charge in [0.25, 0.3) is 5.91 Å². The molecule has 5 nitrogen and oxygen atoms in total. The van der Waals surface area contributed by atoms with E-state index >= 15 is 0 Å². The van der Waals surface area contributed by atoms with Gasteiger partial charge < -0.3 is 14.8 Å². The summed E-state index contributed by atoms with van der Waals surface area (Å²) in [4.78, 5) is 23.8. The minimum Gasteiger partial charge on any atom is -0.479 e. The van der Waals surface area contributed by atoms with Crippen molar-refractivity contribution in [3.05, 3.63) is 71.7 Å². The molecule has 116 valence electrons. The van der Waals surface area contributed by atoms with E-state index in [1.165, 1.54) is 24.5 Å². The number of nitrogens with one attached hydrogen (secondary N) is 1. The summed E-state index contributed by atoms with van der Waals surface area (Å²) in [5.41, 5.74) is 0.597. The molecule has 0 saturated heterocycles. The molecule has 3 aromatic rings. The number of carboxylic acids is 1. The summed E-state index contributed by atoms with van der Waals surface area (Å²) in [7, 11) is 0. The number of rotatable bonds is 4. The minimum atomic E-state index is -1.49. The van der Waals surface area contributed by atoms with Crippen LogP contribution in [0, 0.1) is 5.82 Å². The molecule has 0 bridgehead atoms. The van der Waals surface area contributed by atoms with E-state index in [2.05, 4.69) is 5.32 Å². The van der Waals surface area contributed by atoms with Gasteiger partial charge in [-0.15, -0.1) is 0 Å². The van der Waals surface area contributed by atoms with Crippen LogP contribution in [0.3, 0.4) is 0 Å². The topological polar surface area (TPSA) is 79.5 Å². The number of hydrogen-bond acceptors (Lipinski definition) is 3. The zero-order valence-corrected chi connectivity index (χ0v) is 11.8. The Labute approximate surface area is 130 Å². The van der Waals surface area contributed by atoms with Crippen molar-refractivity contribution >= 4 is 22.8 Å². The molecule has 1 aromatic heterocycles. The van der Waals surface area contributed by atoms with Gasteiger partial charge in [-0.3, -0.25) is 4.79 Å². The summed E-state index contributed by atoms with van der Waals surface area (Å²) in [6, 6.07) is 10.8. The number of fused-ring (bicyclic) bond motifs is 1. The van der Waals surface area contributed by atoms with Crippen LogP contribution >= 0.6 is 0 Å². The predicted molar refractivity (Wildman–Crippen MR) is 80.5 cm³/mol. The maximum Gasteiger partial charge on any atom is 0.331 e. The number of hydrogen-bond donors (Lipinski definition) is 2. The molecule has 0 radical (unpaired) electrons. The SMILES string of the molecule is O=C(N[C@H](C(=O)O)c1ccccc1F)c1coc2ccccc12. The van der Waals surface area contributed by atoms with E-state index in [1.54, 1.807) is 24.3 Å². The highest BCUT2D eigenvalue weighted by Crippen LogP contribution is 2.23. The van der Waals surface area contributed by atoms with Crippen LogP contribution in [-0.4, -0.2) is 17.0 Å². The first-order valence-electron chi connectivity index (χ1n) is 6.82. The van der Waals surface area contributed by atoms with E-state index in [4.69, 9.17) is 4.42 Å². The number of carbonyl (C=O) groups excluding carboxylic acids is 1. The Morgan fingerprint density at radius 3 is 2.52 bits per heavy atom. The summed E-state index contributed by atoms with van der Waals surface area (Å²) < 4.78 is 19.1. The van der Waals surface area contributed by atoms with Gasteiger partial charge in [-0.1, -0.05) is 36.4 Å². The zero-order chi connectivity index (χ0) is 16.4. The predicted octanol–water partition coefficient (Wildman–Crippen LogP) is 3.13. The fraction of sp³-hybridized carbons (Fsp3) is 0.0588. The Balaban J connectivity index is 1.93. The van der Waals surface area contributed by atoms with Crippen molar-refractivity contribution in [2.24, 2.45) is 0 Å². The largest absolute Gasteiger partial charge is 0.479 e. The average molecular weight is 313 g/mol. The van der Waals surface area contributed by atoms with Crippen molar-refractivity contribution in [1.82, 2.24) is 5.32 Å². The molecule has 1 amide bonds. The number of amides is 1. The van der Waals surface area contributed by atoms with E-state index < -0.39 is 23.7 Å². The number of para-hydroxylation sites is 1. The number of benzene rings is 2. The van der Waals surface area contributed by atoms with Gasteiger partial charge in [0.05, 0.1) is 5.56 Å². The smallest absolute Gasteiger partial charge is 0.331 e. The first-order chi connectivity index (χ1) is 11.1. The average Bonchev–Trinajstić information content (AvgIpc) is 2.97.